The first-order chi connectivity index (χ1) is 14.0. The molecule has 1 atom stereocenters. The molecule has 3 rings (SSSR count). The third-order valence-electron chi connectivity index (χ3n) is 4.06. The summed E-state index contributed by atoms with van der Waals surface area (Å²) in [5.74, 6) is 0.747. The highest BCUT2D eigenvalue weighted by molar-refractivity contribution is 5.85. The zero-order valence-electron chi connectivity index (χ0n) is 15.8. The molecule has 0 aromatic heterocycles. The van der Waals surface area contributed by atoms with Gasteiger partial charge in [0.25, 0.3) is 5.91 Å². The van der Waals surface area contributed by atoms with E-state index in [0.29, 0.717) is 35.2 Å². The van der Waals surface area contributed by atoms with Gasteiger partial charge >= 0.3 is 5.97 Å². The number of carboxylic acids is 1. The summed E-state index contributed by atoms with van der Waals surface area (Å²) in [4.78, 5) is 22.7. The van der Waals surface area contributed by atoms with Crippen molar-refractivity contribution in [3.63, 3.8) is 0 Å². The summed E-state index contributed by atoms with van der Waals surface area (Å²) in [5, 5.41) is 11.4. The van der Waals surface area contributed by atoms with Crippen molar-refractivity contribution >= 4 is 18.0 Å². The van der Waals surface area contributed by atoms with Gasteiger partial charge in [-0.05, 0) is 35.9 Å². The Morgan fingerprint density at radius 2 is 2.00 bits per heavy atom. The molecule has 0 radical (unpaired) electrons. The van der Waals surface area contributed by atoms with Crippen LogP contribution < -0.4 is 24.3 Å². The minimum Gasteiger partial charge on any atom is -0.493 e. The molecule has 0 fully saturated rings. The van der Waals surface area contributed by atoms with Crippen molar-refractivity contribution in [3.05, 3.63) is 54.1 Å². The summed E-state index contributed by atoms with van der Waals surface area (Å²) in [7, 11) is 1.46. The first-order valence-corrected chi connectivity index (χ1v) is 8.92. The van der Waals surface area contributed by atoms with Crippen LogP contribution in [0.1, 0.15) is 5.56 Å². The molecule has 0 bridgehead atoms. The average molecular weight is 399 g/mol. The van der Waals surface area contributed by atoms with E-state index in [1.807, 2.05) is 24.3 Å². The number of amides is 1. The number of aliphatic carboxylic acids is 1. The fourth-order valence-electron chi connectivity index (χ4n) is 2.66. The topological polar surface area (TPSA) is 103 Å². The van der Waals surface area contributed by atoms with Crippen LogP contribution in [0.4, 0.5) is 0 Å². The van der Waals surface area contributed by atoms with Gasteiger partial charge in [0.15, 0.2) is 29.6 Å². The Labute approximate surface area is 167 Å². The summed E-state index contributed by atoms with van der Waals surface area (Å²) < 4.78 is 22.1. The summed E-state index contributed by atoms with van der Waals surface area (Å²) >= 11 is 0. The van der Waals surface area contributed by atoms with E-state index in [1.54, 1.807) is 18.2 Å². The van der Waals surface area contributed by atoms with Crippen LogP contribution in [0.25, 0.3) is 6.08 Å². The first-order valence-electron chi connectivity index (χ1n) is 8.92. The molecule has 1 amide bonds. The number of benzene rings is 2. The largest absolute Gasteiger partial charge is 0.493 e. The van der Waals surface area contributed by atoms with Crippen LogP contribution in [-0.4, -0.2) is 50.0 Å². The van der Waals surface area contributed by atoms with Crippen LogP contribution in [0.3, 0.4) is 0 Å². The molecule has 8 nitrogen and oxygen atoms in total. The van der Waals surface area contributed by atoms with Gasteiger partial charge in [-0.15, -0.1) is 0 Å². The molecule has 1 unspecified atom stereocenters. The van der Waals surface area contributed by atoms with Crippen molar-refractivity contribution in [1.29, 1.82) is 0 Å². The van der Waals surface area contributed by atoms with Crippen LogP contribution in [0.15, 0.2) is 48.5 Å². The standard InChI is InChI=1S/C21H21NO7/c1-26-19-10-14(7-9-21(24)25)6-8-17(19)28-13-20(23)22-11-15-12-27-16-4-2-3-5-18(16)29-15/h2-10,15H,11-13H2,1H3,(H,22,23)(H,24,25)/b9-7+. The summed E-state index contributed by atoms with van der Waals surface area (Å²) in [5.41, 5.74) is 0.635. The van der Waals surface area contributed by atoms with Crippen molar-refractivity contribution in [2.75, 3.05) is 26.9 Å². The Morgan fingerprint density at radius 3 is 2.76 bits per heavy atom. The van der Waals surface area contributed by atoms with Gasteiger partial charge in [-0.2, -0.15) is 0 Å². The van der Waals surface area contributed by atoms with Gasteiger partial charge in [-0.3, -0.25) is 4.79 Å². The Morgan fingerprint density at radius 1 is 1.21 bits per heavy atom. The molecule has 1 aliphatic heterocycles. The van der Waals surface area contributed by atoms with E-state index in [1.165, 1.54) is 13.2 Å². The maximum atomic E-state index is 12.1. The molecular weight excluding hydrogens is 378 g/mol. The highest BCUT2D eigenvalue weighted by Crippen LogP contribution is 2.31. The highest BCUT2D eigenvalue weighted by atomic mass is 16.6. The number of nitrogens with one attached hydrogen (secondary N) is 1. The Kier molecular flexibility index (Phi) is 6.57. The van der Waals surface area contributed by atoms with E-state index in [4.69, 9.17) is 24.1 Å². The molecule has 2 aromatic carbocycles. The molecule has 0 saturated carbocycles. The number of carboxylic acid groups (broad SMARTS) is 1. The molecule has 2 N–H and O–H groups in total. The molecule has 8 heteroatoms. The van der Waals surface area contributed by atoms with E-state index >= 15 is 0 Å². The summed E-state index contributed by atoms with van der Waals surface area (Å²) in [6, 6.07) is 12.3. The van der Waals surface area contributed by atoms with Crippen LogP contribution in [0.5, 0.6) is 23.0 Å². The van der Waals surface area contributed by atoms with Gasteiger partial charge < -0.3 is 29.4 Å². The Balaban J connectivity index is 1.48. The van der Waals surface area contributed by atoms with E-state index in [2.05, 4.69) is 5.32 Å². The zero-order valence-corrected chi connectivity index (χ0v) is 15.8. The number of rotatable bonds is 8. The van der Waals surface area contributed by atoms with Crippen molar-refractivity contribution in [1.82, 2.24) is 5.32 Å². The molecule has 1 heterocycles. The van der Waals surface area contributed by atoms with Crippen molar-refractivity contribution in [2.24, 2.45) is 0 Å². The molecule has 29 heavy (non-hydrogen) atoms. The maximum absolute atomic E-state index is 12.1. The monoisotopic (exact) mass is 399 g/mol. The van der Waals surface area contributed by atoms with E-state index < -0.39 is 5.97 Å². The van der Waals surface area contributed by atoms with Gasteiger partial charge in [0, 0.05) is 6.08 Å². The fraction of sp³-hybridized carbons (Fsp3) is 0.238. The minimum atomic E-state index is -1.04. The number of para-hydroxylation sites is 2. The van der Waals surface area contributed by atoms with Crippen LogP contribution >= 0.6 is 0 Å². The Bertz CT molecular complexity index is 910. The van der Waals surface area contributed by atoms with Crippen molar-refractivity contribution in [2.45, 2.75) is 6.10 Å². The second-order valence-corrected chi connectivity index (χ2v) is 6.17. The number of methoxy groups -OCH3 is 1. The molecule has 152 valence electrons. The third-order valence-corrected chi connectivity index (χ3v) is 4.06. The van der Waals surface area contributed by atoms with Crippen LogP contribution in [0, 0.1) is 0 Å². The quantitative estimate of drug-likeness (QED) is 0.656. The second kappa shape index (κ2) is 9.50. The summed E-state index contributed by atoms with van der Waals surface area (Å²) in [6.07, 6.45) is 2.17. The van der Waals surface area contributed by atoms with Gasteiger partial charge in [-0.1, -0.05) is 18.2 Å². The predicted octanol–water partition coefficient (Wildman–Crippen LogP) is 2.13. The van der Waals surface area contributed by atoms with E-state index in [-0.39, 0.29) is 25.2 Å². The highest BCUT2D eigenvalue weighted by Gasteiger charge is 2.21. The van der Waals surface area contributed by atoms with Crippen LogP contribution in [0.2, 0.25) is 0 Å². The lowest BCUT2D eigenvalue weighted by Crippen LogP contribution is -2.42. The normalized spacial score (nSPS) is 15.0. The number of carbonyl (C=O) groups excluding carboxylic acids is 1. The van der Waals surface area contributed by atoms with E-state index in [0.717, 1.165) is 6.08 Å². The van der Waals surface area contributed by atoms with Crippen molar-refractivity contribution in [3.8, 4) is 23.0 Å². The number of hydrogen-bond acceptors (Lipinski definition) is 6. The SMILES string of the molecule is COc1cc(/C=C/C(=O)O)ccc1OCC(=O)NCC1COc2ccccc2O1. The molecule has 1 aliphatic rings. The van der Waals surface area contributed by atoms with E-state index in [9.17, 15) is 9.59 Å². The van der Waals surface area contributed by atoms with Gasteiger partial charge in [-0.25, -0.2) is 4.79 Å². The third kappa shape index (κ3) is 5.65. The zero-order chi connectivity index (χ0) is 20.6. The molecule has 0 saturated heterocycles. The Hall–Kier alpha value is -3.68. The number of fused-ring (bicyclic) bond motifs is 1. The molecular formula is C21H21NO7. The first kappa shape index (κ1) is 20.1. The smallest absolute Gasteiger partial charge is 0.328 e. The predicted molar refractivity (Wildman–Crippen MR) is 105 cm³/mol. The summed E-state index contributed by atoms with van der Waals surface area (Å²) in [6.45, 7) is 0.425. The second-order valence-electron chi connectivity index (χ2n) is 6.17. The lowest BCUT2D eigenvalue weighted by molar-refractivity contribution is -0.131. The molecule has 0 aliphatic carbocycles. The molecule has 2 aromatic rings. The van der Waals surface area contributed by atoms with Gasteiger partial charge in [0.2, 0.25) is 0 Å². The lowest BCUT2D eigenvalue weighted by atomic mass is 10.2. The fourth-order valence-corrected chi connectivity index (χ4v) is 2.66. The number of carbonyl (C=O) groups is 2. The van der Waals surface area contributed by atoms with Crippen molar-refractivity contribution < 1.29 is 33.6 Å². The minimum absolute atomic E-state index is 0.204. The van der Waals surface area contributed by atoms with Gasteiger partial charge in [0.1, 0.15) is 12.7 Å². The number of hydrogen-bond donors (Lipinski definition) is 2. The van der Waals surface area contributed by atoms with Crippen LogP contribution in [-0.2, 0) is 9.59 Å². The van der Waals surface area contributed by atoms with Gasteiger partial charge in [0.05, 0.1) is 13.7 Å². The lowest BCUT2D eigenvalue weighted by Gasteiger charge is -2.26. The maximum Gasteiger partial charge on any atom is 0.328 e. The average Bonchev–Trinajstić information content (AvgIpc) is 2.74. The molecule has 0 spiro atoms. The number of ether oxygens (including phenoxy) is 4.